The number of nitrogens with two attached hydrogens (primary N) is 1. The molecule has 16 heavy (non-hydrogen) atoms. The maximum Gasteiger partial charge on any atom is 0.241 e. The lowest BCUT2D eigenvalue weighted by atomic mass is 10.3. The molecule has 1 atom stereocenters. The van der Waals surface area contributed by atoms with Crippen molar-refractivity contribution in [2.45, 2.75) is 38.1 Å². The second-order valence-corrected chi connectivity index (χ2v) is 7.14. The highest BCUT2D eigenvalue weighted by Crippen LogP contribution is 2.24. The Morgan fingerprint density at radius 2 is 2.12 bits per heavy atom. The van der Waals surface area contributed by atoms with E-state index in [-0.39, 0.29) is 6.04 Å². The average Bonchev–Trinajstić information content (AvgIpc) is 2.44. The molecule has 0 radical (unpaired) electrons. The van der Waals surface area contributed by atoms with Gasteiger partial charge in [0.1, 0.15) is 0 Å². The van der Waals surface area contributed by atoms with Crippen LogP contribution in [0, 0.1) is 13.8 Å². The van der Waals surface area contributed by atoms with Gasteiger partial charge in [-0.25, -0.2) is 13.1 Å². The molecule has 0 aliphatic heterocycles. The minimum absolute atomic E-state index is 0.00741. The van der Waals surface area contributed by atoms with E-state index in [2.05, 4.69) is 4.72 Å². The summed E-state index contributed by atoms with van der Waals surface area (Å²) in [5, 5.41) is 0. The molecule has 0 aliphatic rings. The van der Waals surface area contributed by atoms with Crippen LogP contribution in [0.4, 0.5) is 0 Å². The molecule has 0 spiro atoms. The molecular weight excluding hydrogens is 244 g/mol. The molecule has 1 unspecified atom stereocenters. The summed E-state index contributed by atoms with van der Waals surface area (Å²) in [5.74, 6) is 0. The van der Waals surface area contributed by atoms with Crippen LogP contribution >= 0.6 is 11.3 Å². The van der Waals surface area contributed by atoms with Gasteiger partial charge in [-0.3, -0.25) is 0 Å². The van der Waals surface area contributed by atoms with E-state index in [1.54, 1.807) is 6.07 Å². The lowest BCUT2D eigenvalue weighted by Gasteiger charge is -2.07. The largest absolute Gasteiger partial charge is 0.328 e. The molecule has 92 valence electrons. The molecule has 1 aromatic rings. The van der Waals surface area contributed by atoms with Gasteiger partial charge in [0.05, 0.1) is 4.90 Å². The summed E-state index contributed by atoms with van der Waals surface area (Å²) >= 11 is 1.49. The molecular formula is C10H18N2O2S2. The zero-order chi connectivity index (χ0) is 12.3. The summed E-state index contributed by atoms with van der Waals surface area (Å²) in [6.45, 7) is 5.96. The third kappa shape index (κ3) is 3.55. The number of thiophene rings is 1. The van der Waals surface area contributed by atoms with E-state index < -0.39 is 10.0 Å². The lowest BCUT2D eigenvalue weighted by Crippen LogP contribution is -2.29. The lowest BCUT2D eigenvalue weighted by molar-refractivity contribution is 0.571. The highest BCUT2D eigenvalue weighted by molar-refractivity contribution is 7.89. The molecule has 0 saturated carbocycles. The summed E-state index contributed by atoms with van der Waals surface area (Å²) in [7, 11) is -3.36. The average molecular weight is 262 g/mol. The Kier molecular flexibility index (Phi) is 4.49. The summed E-state index contributed by atoms with van der Waals surface area (Å²) in [5.41, 5.74) is 5.56. The van der Waals surface area contributed by atoms with E-state index in [4.69, 9.17) is 5.73 Å². The van der Waals surface area contributed by atoms with Crippen LogP contribution < -0.4 is 10.5 Å². The topological polar surface area (TPSA) is 72.2 Å². The van der Waals surface area contributed by atoms with Gasteiger partial charge in [0.15, 0.2) is 0 Å². The third-order valence-corrected chi connectivity index (χ3v) is 4.86. The maximum absolute atomic E-state index is 11.9. The smallest absolute Gasteiger partial charge is 0.241 e. The van der Waals surface area contributed by atoms with Crippen molar-refractivity contribution in [1.82, 2.24) is 4.72 Å². The monoisotopic (exact) mass is 262 g/mol. The first-order chi connectivity index (χ1) is 7.33. The molecule has 0 aliphatic carbocycles. The maximum atomic E-state index is 11.9. The quantitative estimate of drug-likeness (QED) is 0.842. The van der Waals surface area contributed by atoms with E-state index in [0.29, 0.717) is 17.9 Å². The predicted molar refractivity (Wildman–Crippen MR) is 67.2 cm³/mol. The van der Waals surface area contributed by atoms with Gasteiger partial charge in [0, 0.05) is 22.3 Å². The molecule has 3 N–H and O–H groups in total. The fourth-order valence-corrected chi connectivity index (χ4v) is 3.97. The normalized spacial score (nSPS) is 14.0. The fourth-order valence-electron chi connectivity index (χ4n) is 1.37. The van der Waals surface area contributed by atoms with E-state index >= 15 is 0 Å². The Hall–Kier alpha value is -0.430. The van der Waals surface area contributed by atoms with Crippen LogP contribution in [0.15, 0.2) is 11.0 Å². The van der Waals surface area contributed by atoms with Crippen LogP contribution in [0.2, 0.25) is 0 Å². The van der Waals surface area contributed by atoms with Gasteiger partial charge in [0.2, 0.25) is 10.0 Å². The standard InChI is InChI=1S/C10H18N2O2S2/c1-7(11)4-5-12-16(13,14)10-6-8(2)15-9(10)3/h6-7,12H,4-5,11H2,1-3H3. The predicted octanol–water partition coefficient (Wildman–Crippen LogP) is 1.38. The molecule has 1 aromatic heterocycles. The molecule has 0 saturated heterocycles. The van der Waals surface area contributed by atoms with Crippen LogP contribution in [0.1, 0.15) is 23.1 Å². The summed E-state index contributed by atoms with van der Waals surface area (Å²) in [6, 6.07) is 1.71. The van der Waals surface area contributed by atoms with Crippen molar-refractivity contribution >= 4 is 21.4 Å². The molecule has 6 heteroatoms. The van der Waals surface area contributed by atoms with Gasteiger partial charge in [-0.15, -0.1) is 11.3 Å². The molecule has 4 nitrogen and oxygen atoms in total. The third-order valence-electron chi connectivity index (χ3n) is 2.18. The van der Waals surface area contributed by atoms with Crippen LogP contribution in [0.25, 0.3) is 0 Å². The molecule has 0 amide bonds. The summed E-state index contributed by atoms with van der Waals surface area (Å²) < 4.78 is 26.4. The number of hydrogen-bond donors (Lipinski definition) is 2. The van der Waals surface area contributed by atoms with E-state index in [0.717, 1.165) is 9.75 Å². The van der Waals surface area contributed by atoms with Crippen molar-refractivity contribution in [3.63, 3.8) is 0 Å². The Bertz CT molecular complexity index is 449. The SMILES string of the molecule is Cc1cc(S(=O)(=O)NCCC(C)N)c(C)s1. The van der Waals surface area contributed by atoms with Crippen LogP contribution in [0.5, 0.6) is 0 Å². The van der Waals surface area contributed by atoms with Gasteiger partial charge in [-0.1, -0.05) is 0 Å². The van der Waals surface area contributed by atoms with Crippen molar-refractivity contribution in [2.75, 3.05) is 6.54 Å². The summed E-state index contributed by atoms with van der Waals surface area (Å²) in [6.07, 6.45) is 0.640. The van der Waals surface area contributed by atoms with Crippen molar-refractivity contribution in [2.24, 2.45) is 5.73 Å². The van der Waals surface area contributed by atoms with Crippen LogP contribution in [-0.4, -0.2) is 21.0 Å². The van der Waals surface area contributed by atoms with E-state index in [1.807, 2.05) is 20.8 Å². The van der Waals surface area contributed by atoms with E-state index in [1.165, 1.54) is 11.3 Å². The van der Waals surface area contributed by atoms with Gasteiger partial charge in [-0.05, 0) is 33.3 Å². The van der Waals surface area contributed by atoms with E-state index in [9.17, 15) is 8.42 Å². The number of rotatable bonds is 5. The zero-order valence-electron chi connectivity index (χ0n) is 9.78. The van der Waals surface area contributed by atoms with Crippen molar-refractivity contribution in [1.29, 1.82) is 0 Å². The first kappa shape index (κ1) is 13.6. The summed E-state index contributed by atoms with van der Waals surface area (Å²) in [4.78, 5) is 2.22. The van der Waals surface area contributed by atoms with Crippen molar-refractivity contribution in [3.8, 4) is 0 Å². The van der Waals surface area contributed by atoms with Gasteiger partial charge >= 0.3 is 0 Å². The molecule has 1 rings (SSSR count). The highest BCUT2D eigenvalue weighted by atomic mass is 32.2. The van der Waals surface area contributed by atoms with Gasteiger partial charge in [-0.2, -0.15) is 0 Å². The number of hydrogen-bond acceptors (Lipinski definition) is 4. The Morgan fingerprint density at radius 1 is 1.50 bits per heavy atom. The Balaban J connectivity index is 2.75. The van der Waals surface area contributed by atoms with Crippen LogP contribution in [0.3, 0.4) is 0 Å². The zero-order valence-corrected chi connectivity index (χ0v) is 11.4. The minimum atomic E-state index is -3.36. The molecule has 0 fully saturated rings. The molecule has 1 heterocycles. The van der Waals surface area contributed by atoms with Crippen molar-refractivity contribution < 1.29 is 8.42 Å². The second kappa shape index (κ2) is 5.27. The molecule has 0 bridgehead atoms. The first-order valence-electron chi connectivity index (χ1n) is 5.15. The fraction of sp³-hybridized carbons (Fsp3) is 0.600. The molecule has 0 aromatic carbocycles. The Morgan fingerprint density at radius 3 is 2.56 bits per heavy atom. The van der Waals surface area contributed by atoms with Gasteiger partial charge < -0.3 is 5.73 Å². The Labute approximate surface area is 101 Å². The first-order valence-corrected chi connectivity index (χ1v) is 7.45. The number of nitrogens with one attached hydrogen (secondary N) is 1. The number of aryl methyl sites for hydroxylation is 2. The van der Waals surface area contributed by atoms with Crippen molar-refractivity contribution in [3.05, 3.63) is 15.8 Å². The van der Waals surface area contributed by atoms with Crippen LogP contribution in [-0.2, 0) is 10.0 Å². The highest BCUT2D eigenvalue weighted by Gasteiger charge is 2.18. The minimum Gasteiger partial charge on any atom is -0.328 e. The van der Waals surface area contributed by atoms with Gasteiger partial charge in [0.25, 0.3) is 0 Å². The second-order valence-electron chi connectivity index (χ2n) is 3.94. The number of sulfonamides is 1.